The Hall–Kier alpha value is -1.64. The third-order valence-electron chi connectivity index (χ3n) is 2.85. The van der Waals surface area contributed by atoms with Crippen molar-refractivity contribution in [2.45, 2.75) is 26.5 Å². The Kier molecular flexibility index (Phi) is 3.04. The maximum Gasteiger partial charge on any atom is 0.354 e. The average molecular weight is 217 g/mol. The zero-order valence-corrected chi connectivity index (χ0v) is 9.51. The first-order chi connectivity index (χ1) is 7.72. The summed E-state index contributed by atoms with van der Waals surface area (Å²) in [5.41, 5.74) is 1.49. The Bertz CT molecular complexity index is 411. The van der Waals surface area contributed by atoms with Gasteiger partial charge >= 0.3 is 5.97 Å². The van der Waals surface area contributed by atoms with E-state index in [-0.39, 0.29) is 11.9 Å². The van der Waals surface area contributed by atoms with Crippen LogP contribution in [0.15, 0.2) is 35.3 Å². The summed E-state index contributed by atoms with van der Waals surface area (Å²) < 4.78 is 5.24. The van der Waals surface area contributed by atoms with Crippen molar-refractivity contribution in [3.63, 3.8) is 0 Å². The Labute approximate surface area is 95.2 Å². The molecule has 1 aliphatic rings. The number of ether oxygens (including phenoxy) is 1. The van der Waals surface area contributed by atoms with Crippen molar-refractivity contribution < 1.29 is 9.53 Å². The highest BCUT2D eigenvalue weighted by atomic mass is 16.6. The third-order valence-corrected chi connectivity index (χ3v) is 2.85. The molecule has 0 saturated heterocycles. The molecule has 0 aliphatic carbocycles. The molecule has 84 valence electrons. The van der Waals surface area contributed by atoms with Gasteiger partial charge in [-0.05, 0) is 6.42 Å². The molecule has 0 spiro atoms. The van der Waals surface area contributed by atoms with Crippen molar-refractivity contribution in [2.75, 3.05) is 0 Å². The summed E-state index contributed by atoms with van der Waals surface area (Å²) in [6, 6.07) is 9.60. The molecule has 1 aliphatic heterocycles. The Morgan fingerprint density at radius 2 is 2.06 bits per heavy atom. The van der Waals surface area contributed by atoms with Crippen LogP contribution in [0.2, 0.25) is 0 Å². The molecule has 16 heavy (non-hydrogen) atoms. The molecule has 1 aromatic rings. The average Bonchev–Trinajstić information content (AvgIpc) is 2.71. The lowest BCUT2D eigenvalue weighted by atomic mass is 10.0. The second kappa shape index (κ2) is 4.47. The molecular formula is C13H15NO2. The highest BCUT2D eigenvalue weighted by Crippen LogP contribution is 2.26. The molecule has 0 radical (unpaired) electrons. The monoisotopic (exact) mass is 217 g/mol. The van der Waals surface area contributed by atoms with Gasteiger partial charge in [-0.1, -0.05) is 44.2 Å². The van der Waals surface area contributed by atoms with Gasteiger partial charge in [0, 0.05) is 11.5 Å². The van der Waals surface area contributed by atoms with E-state index in [4.69, 9.17) is 4.74 Å². The zero-order valence-electron chi connectivity index (χ0n) is 9.51. The van der Waals surface area contributed by atoms with Crippen LogP contribution in [-0.4, -0.2) is 11.7 Å². The van der Waals surface area contributed by atoms with Gasteiger partial charge in [0.05, 0.1) is 0 Å². The molecule has 3 heteroatoms. The third kappa shape index (κ3) is 1.98. The number of hydrogen-bond acceptors (Lipinski definition) is 3. The fourth-order valence-electron chi connectivity index (χ4n) is 1.65. The van der Waals surface area contributed by atoms with Gasteiger partial charge in [-0.25, -0.2) is 9.79 Å². The van der Waals surface area contributed by atoms with E-state index >= 15 is 0 Å². The van der Waals surface area contributed by atoms with Crippen molar-refractivity contribution in [1.29, 1.82) is 0 Å². The smallest absolute Gasteiger partial charge is 0.354 e. The van der Waals surface area contributed by atoms with Crippen molar-refractivity contribution in [1.82, 2.24) is 0 Å². The van der Waals surface area contributed by atoms with Crippen LogP contribution >= 0.6 is 0 Å². The molecule has 0 fully saturated rings. The summed E-state index contributed by atoms with van der Waals surface area (Å²) >= 11 is 0. The first-order valence-electron chi connectivity index (χ1n) is 5.56. The standard InChI is InChI=1S/C13H15NO2/c1-3-9(2)11-13(15)16-12(14-11)10-7-5-4-6-8-10/h4-9,12H,3H2,1-2H3. The molecule has 1 heterocycles. The van der Waals surface area contributed by atoms with Gasteiger partial charge in [0.1, 0.15) is 5.71 Å². The normalized spacial score (nSPS) is 21.5. The number of carbonyl (C=O) groups is 1. The number of esters is 1. The Balaban J connectivity index is 2.22. The number of benzene rings is 1. The number of hydrogen-bond donors (Lipinski definition) is 0. The minimum Gasteiger partial charge on any atom is -0.431 e. The summed E-state index contributed by atoms with van der Waals surface area (Å²) in [6.45, 7) is 4.03. The zero-order chi connectivity index (χ0) is 11.5. The van der Waals surface area contributed by atoms with Gasteiger partial charge in [0.15, 0.2) is 0 Å². The van der Waals surface area contributed by atoms with Crippen molar-refractivity contribution >= 4 is 11.7 Å². The van der Waals surface area contributed by atoms with Gasteiger partial charge in [-0.15, -0.1) is 0 Å². The van der Waals surface area contributed by atoms with E-state index < -0.39 is 6.23 Å². The van der Waals surface area contributed by atoms with Crippen LogP contribution in [0.3, 0.4) is 0 Å². The predicted molar refractivity (Wildman–Crippen MR) is 62.2 cm³/mol. The predicted octanol–water partition coefficient (Wildman–Crippen LogP) is 2.73. The van der Waals surface area contributed by atoms with Crippen molar-refractivity contribution in [2.24, 2.45) is 10.9 Å². The van der Waals surface area contributed by atoms with Crippen LogP contribution in [-0.2, 0) is 9.53 Å². The van der Waals surface area contributed by atoms with E-state index in [0.717, 1.165) is 12.0 Å². The highest BCUT2D eigenvalue weighted by molar-refractivity contribution is 6.38. The number of aliphatic imine (C=N–C) groups is 1. The molecule has 0 saturated carbocycles. The fourth-order valence-corrected chi connectivity index (χ4v) is 1.65. The Morgan fingerprint density at radius 1 is 1.38 bits per heavy atom. The van der Waals surface area contributed by atoms with Crippen LogP contribution in [0.4, 0.5) is 0 Å². The van der Waals surface area contributed by atoms with E-state index in [1.165, 1.54) is 0 Å². The molecule has 1 aromatic carbocycles. The minimum absolute atomic E-state index is 0.168. The largest absolute Gasteiger partial charge is 0.431 e. The van der Waals surface area contributed by atoms with E-state index in [1.54, 1.807) is 0 Å². The van der Waals surface area contributed by atoms with E-state index in [2.05, 4.69) is 4.99 Å². The van der Waals surface area contributed by atoms with Crippen LogP contribution in [0.25, 0.3) is 0 Å². The molecule has 0 bridgehead atoms. The second-order valence-electron chi connectivity index (χ2n) is 3.99. The van der Waals surface area contributed by atoms with E-state index in [0.29, 0.717) is 5.71 Å². The van der Waals surface area contributed by atoms with Crippen LogP contribution in [0.1, 0.15) is 32.1 Å². The summed E-state index contributed by atoms with van der Waals surface area (Å²) in [6.07, 6.45) is 0.452. The topological polar surface area (TPSA) is 38.7 Å². The number of rotatable bonds is 3. The van der Waals surface area contributed by atoms with Crippen LogP contribution in [0.5, 0.6) is 0 Å². The lowest BCUT2D eigenvalue weighted by Crippen LogP contribution is -2.18. The number of nitrogens with zero attached hydrogens (tertiary/aromatic N) is 1. The number of carbonyl (C=O) groups excluding carboxylic acids is 1. The summed E-state index contributed by atoms with van der Waals surface area (Å²) in [5, 5.41) is 0. The Morgan fingerprint density at radius 3 is 2.69 bits per heavy atom. The molecule has 0 N–H and O–H groups in total. The molecule has 3 nitrogen and oxygen atoms in total. The highest BCUT2D eigenvalue weighted by Gasteiger charge is 2.30. The summed E-state index contributed by atoms with van der Waals surface area (Å²) in [5.74, 6) is -0.107. The van der Waals surface area contributed by atoms with Crippen molar-refractivity contribution in [3.8, 4) is 0 Å². The molecular weight excluding hydrogens is 202 g/mol. The van der Waals surface area contributed by atoms with E-state index in [1.807, 2.05) is 44.2 Å². The van der Waals surface area contributed by atoms with Gasteiger partial charge in [-0.2, -0.15) is 0 Å². The molecule has 2 rings (SSSR count). The molecule has 0 amide bonds. The maximum absolute atomic E-state index is 11.6. The second-order valence-corrected chi connectivity index (χ2v) is 3.99. The molecule has 2 atom stereocenters. The lowest BCUT2D eigenvalue weighted by Gasteiger charge is -2.05. The summed E-state index contributed by atoms with van der Waals surface area (Å²) in [4.78, 5) is 16.0. The molecule has 0 aromatic heterocycles. The lowest BCUT2D eigenvalue weighted by molar-refractivity contribution is -0.138. The maximum atomic E-state index is 11.6. The molecule has 2 unspecified atom stereocenters. The van der Waals surface area contributed by atoms with Crippen molar-refractivity contribution in [3.05, 3.63) is 35.9 Å². The summed E-state index contributed by atoms with van der Waals surface area (Å²) in [7, 11) is 0. The van der Waals surface area contributed by atoms with Gasteiger partial charge in [0.2, 0.25) is 6.23 Å². The van der Waals surface area contributed by atoms with Gasteiger partial charge in [0.25, 0.3) is 0 Å². The SMILES string of the molecule is CCC(C)C1=NC(c2ccccc2)OC1=O. The quantitative estimate of drug-likeness (QED) is 0.730. The van der Waals surface area contributed by atoms with Crippen LogP contribution < -0.4 is 0 Å². The fraction of sp³-hybridized carbons (Fsp3) is 0.385. The van der Waals surface area contributed by atoms with Gasteiger partial charge in [-0.3, -0.25) is 0 Å². The minimum atomic E-state index is -0.447. The first-order valence-corrected chi connectivity index (χ1v) is 5.56. The van der Waals surface area contributed by atoms with Crippen LogP contribution in [0, 0.1) is 5.92 Å². The van der Waals surface area contributed by atoms with Gasteiger partial charge < -0.3 is 4.74 Å². The number of cyclic esters (lactones) is 1. The van der Waals surface area contributed by atoms with E-state index in [9.17, 15) is 4.79 Å². The first kappa shape index (κ1) is 10.9.